The van der Waals surface area contributed by atoms with Gasteiger partial charge >= 0.3 is 0 Å². The normalized spacial score (nSPS) is 17.5. The number of carbonyl (C=O) groups excluding carboxylic acids is 2. The molecule has 0 aliphatic carbocycles. The summed E-state index contributed by atoms with van der Waals surface area (Å²) in [4.78, 5) is 31.8. The average molecular weight is 442 g/mol. The Balaban J connectivity index is 1.79. The van der Waals surface area contributed by atoms with Crippen LogP contribution >= 0.6 is 23.4 Å². The summed E-state index contributed by atoms with van der Waals surface area (Å²) < 4.78 is 0. The second-order valence-electron chi connectivity index (χ2n) is 7.19. The van der Waals surface area contributed by atoms with E-state index in [1.54, 1.807) is 29.2 Å². The van der Waals surface area contributed by atoms with Crippen LogP contribution in [0.25, 0.3) is 0 Å². The molecule has 0 saturated carbocycles. The molecule has 1 unspecified atom stereocenters. The average Bonchev–Trinajstić information content (AvgIpc) is 2.97. The van der Waals surface area contributed by atoms with E-state index in [1.165, 1.54) is 11.8 Å². The summed E-state index contributed by atoms with van der Waals surface area (Å²) in [6.45, 7) is 9.92. The number of hydrogen-bond acceptors (Lipinski definition) is 4. The van der Waals surface area contributed by atoms with Gasteiger partial charge in [-0.25, -0.2) is 4.99 Å². The van der Waals surface area contributed by atoms with E-state index in [2.05, 4.69) is 11.9 Å². The molecule has 0 bridgehead atoms. The molecule has 1 atom stereocenters. The first-order valence-corrected chi connectivity index (χ1v) is 10.9. The molecule has 30 heavy (non-hydrogen) atoms. The molecule has 7 heteroatoms. The Hall–Kier alpha value is -2.57. The van der Waals surface area contributed by atoms with E-state index in [0.717, 1.165) is 22.4 Å². The molecule has 1 saturated heterocycles. The number of halogens is 1. The van der Waals surface area contributed by atoms with E-state index in [0.29, 0.717) is 22.4 Å². The van der Waals surface area contributed by atoms with E-state index < -0.39 is 5.25 Å². The first-order chi connectivity index (χ1) is 14.3. The van der Waals surface area contributed by atoms with Gasteiger partial charge in [0.2, 0.25) is 11.8 Å². The SMILES string of the molecule is C=CCN1C(=O)C(CC(=O)Nc2cccc(Cl)c2C)SC1=Nc1cc(C)ccc1C. The van der Waals surface area contributed by atoms with Crippen LogP contribution in [0.2, 0.25) is 5.02 Å². The fourth-order valence-corrected chi connectivity index (χ4v) is 4.41. The van der Waals surface area contributed by atoms with Crippen molar-refractivity contribution in [1.82, 2.24) is 4.90 Å². The molecule has 0 radical (unpaired) electrons. The highest BCUT2D eigenvalue weighted by atomic mass is 35.5. The molecule has 0 spiro atoms. The second-order valence-corrected chi connectivity index (χ2v) is 8.77. The minimum Gasteiger partial charge on any atom is -0.326 e. The first-order valence-electron chi connectivity index (χ1n) is 9.60. The lowest BCUT2D eigenvalue weighted by Crippen LogP contribution is -2.33. The number of hydrogen-bond donors (Lipinski definition) is 1. The minimum absolute atomic E-state index is 0.0505. The van der Waals surface area contributed by atoms with E-state index in [4.69, 9.17) is 16.6 Å². The smallest absolute Gasteiger partial charge is 0.242 e. The molecule has 5 nitrogen and oxygen atoms in total. The van der Waals surface area contributed by atoms with Crippen LogP contribution in [0.15, 0.2) is 54.0 Å². The number of benzene rings is 2. The zero-order chi connectivity index (χ0) is 21.8. The van der Waals surface area contributed by atoms with Gasteiger partial charge in [0.25, 0.3) is 0 Å². The Kier molecular flexibility index (Phi) is 7.00. The molecule has 1 heterocycles. The van der Waals surface area contributed by atoms with Gasteiger partial charge in [-0.3, -0.25) is 14.5 Å². The van der Waals surface area contributed by atoms with Crippen molar-refractivity contribution in [2.75, 3.05) is 11.9 Å². The van der Waals surface area contributed by atoms with Crippen molar-refractivity contribution in [1.29, 1.82) is 0 Å². The van der Waals surface area contributed by atoms with Crippen molar-refractivity contribution in [3.05, 3.63) is 70.8 Å². The van der Waals surface area contributed by atoms with Crippen LogP contribution in [-0.4, -0.2) is 33.7 Å². The highest BCUT2D eigenvalue weighted by Crippen LogP contribution is 2.33. The number of carbonyl (C=O) groups is 2. The molecule has 3 rings (SSSR count). The summed E-state index contributed by atoms with van der Waals surface area (Å²) in [7, 11) is 0. The van der Waals surface area contributed by atoms with Crippen LogP contribution in [-0.2, 0) is 9.59 Å². The molecule has 1 aliphatic heterocycles. The van der Waals surface area contributed by atoms with Crippen LogP contribution in [0.1, 0.15) is 23.1 Å². The molecule has 0 aromatic heterocycles. The van der Waals surface area contributed by atoms with Gasteiger partial charge in [0.1, 0.15) is 5.25 Å². The van der Waals surface area contributed by atoms with Crippen molar-refractivity contribution in [2.24, 2.45) is 4.99 Å². The molecule has 2 amide bonds. The van der Waals surface area contributed by atoms with Crippen molar-refractivity contribution in [3.63, 3.8) is 0 Å². The third kappa shape index (κ3) is 4.94. The van der Waals surface area contributed by atoms with Crippen LogP contribution < -0.4 is 5.32 Å². The third-order valence-corrected chi connectivity index (χ3v) is 6.41. The number of nitrogens with one attached hydrogen (secondary N) is 1. The zero-order valence-corrected chi connectivity index (χ0v) is 18.8. The Morgan fingerprint density at radius 2 is 2.07 bits per heavy atom. The summed E-state index contributed by atoms with van der Waals surface area (Å²) in [5, 5.41) is 3.50. The van der Waals surface area contributed by atoms with Gasteiger partial charge in [0, 0.05) is 23.7 Å². The lowest BCUT2D eigenvalue weighted by atomic mass is 10.1. The fraction of sp³-hybridized carbons (Fsp3) is 0.261. The second kappa shape index (κ2) is 9.49. The summed E-state index contributed by atoms with van der Waals surface area (Å²) in [6.07, 6.45) is 1.71. The lowest BCUT2D eigenvalue weighted by Gasteiger charge is -2.14. The maximum atomic E-state index is 12.9. The van der Waals surface area contributed by atoms with Crippen LogP contribution in [0.3, 0.4) is 0 Å². The lowest BCUT2D eigenvalue weighted by molar-refractivity contribution is -0.127. The van der Waals surface area contributed by atoms with E-state index in [9.17, 15) is 9.59 Å². The molecule has 1 fully saturated rings. The number of rotatable bonds is 6. The number of thioether (sulfide) groups is 1. The monoisotopic (exact) mass is 441 g/mol. The van der Waals surface area contributed by atoms with Gasteiger partial charge < -0.3 is 5.32 Å². The summed E-state index contributed by atoms with van der Waals surface area (Å²) in [5.41, 5.74) is 4.38. The van der Waals surface area contributed by atoms with Crippen molar-refractivity contribution < 1.29 is 9.59 Å². The molecular formula is C23H24ClN3O2S. The predicted octanol–water partition coefficient (Wildman–Crippen LogP) is 5.41. The number of nitrogens with zero attached hydrogens (tertiary/aromatic N) is 2. The Morgan fingerprint density at radius 3 is 2.80 bits per heavy atom. The van der Waals surface area contributed by atoms with Crippen molar-refractivity contribution >= 4 is 51.7 Å². The summed E-state index contributed by atoms with van der Waals surface area (Å²) in [5.74, 6) is -0.375. The van der Waals surface area contributed by atoms with Crippen molar-refractivity contribution in [2.45, 2.75) is 32.4 Å². The molecule has 2 aromatic carbocycles. The number of aryl methyl sites for hydroxylation is 2. The highest BCUT2D eigenvalue weighted by molar-refractivity contribution is 8.15. The molecular weight excluding hydrogens is 418 g/mol. The third-order valence-electron chi connectivity index (χ3n) is 4.83. The minimum atomic E-state index is -0.534. The molecule has 1 aliphatic rings. The van der Waals surface area contributed by atoms with Crippen LogP contribution in [0.4, 0.5) is 11.4 Å². The standard InChI is InChI=1S/C23H24ClN3O2S/c1-5-11-27-22(29)20(13-21(28)25-18-8-6-7-17(24)16(18)4)30-23(27)26-19-12-14(2)9-10-15(19)3/h5-10,12,20H,1,11,13H2,2-4H3,(H,25,28). The topological polar surface area (TPSA) is 61.8 Å². The van der Waals surface area contributed by atoms with E-state index in [-0.39, 0.29) is 18.2 Å². The maximum absolute atomic E-state index is 12.9. The number of amides is 2. The van der Waals surface area contributed by atoms with E-state index in [1.807, 2.05) is 39.0 Å². The fourth-order valence-electron chi connectivity index (χ4n) is 3.08. The maximum Gasteiger partial charge on any atom is 0.242 e. The predicted molar refractivity (Wildman–Crippen MR) is 126 cm³/mol. The highest BCUT2D eigenvalue weighted by Gasteiger charge is 2.38. The van der Waals surface area contributed by atoms with Gasteiger partial charge in [-0.15, -0.1) is 6.58 Å². The van der Waals surface area contributed by atoms with Crippen molar-refractivity contribution in [3.8, 4) is 0 Å². The van der Waals surface area contributed by atoms with Gasteiger partial charge in [-0.2, -0.15) is 0 Å². The Labute approximate surface area is 186 Å². The van der Waals surface area contributed by atoms with Gasteiger partial charge in [0.15, 0.2) is 5.17 Å². The Bertz CT molecular complexity index is 1040. The molecule has 1 N–H and O–H groups in total. The zero-order valence-electron chi connectivity index (χ0n) is 17.2. The van der Waals surface area contributed by atoms with Crippen LogP contribution in [0.5, 0.6) is 0 Å². The number of aliphatic imine (C=N–C) groups is 1. The molecule has 2 aromatic rings. The van der Waals surface area contributed by atoms with Gasteiger partial charge in [-0.05, 0) is 55.7 Å². The largest absolute Gasteiger partial charge is 0.326 e. The summed E-state index contributed by atoms with van der Waals surface area (Å²) in [6, 6.07) is 11.4. The van der Waals surface area contributed by atoms with E-state index >= 15 is 0 Å². The van der Waals surface area contributed by atoms with Gasteiger partial charge in [-0.1, -0.05) is 47.6 Å². The molecule has 156 valence electrons. The first kappa shape index (κ1) is 22.1. The van der Waals surface area contributed by atoms with Gasteiger partial charge in [0.05, 0.1) is 5.69 Å². The van der Waals surface area contributed by atoms with Crippen LogP contribution in [0, 0.1) is 20.8 Å². The summed E-state index contributed by atoms with van der Waals surface area (Å²) >= 11 is 7.44. The Morgan fingerprint density at radius 1 is 1.30 bits per heavy atom. The number of anilines is 1. The number of amidine groups is 1. The quantitative estimate of drug-likeness (QED) is 0.609.